The molecule has 0 aliphatic rings. The zero-order chi connectivity index (χ0) is 13.8. The van der Waals surface area contributed by atoms with E-state index in [2.05, 4.69) is 10.3 Å². The van der Waals surface area contributed by atoms with Gasteiger partial charge in [-0.05, 0) is 24.3 Å². The van der Waals surface area contributed by atoms with Gasteiger partial charge >= 0.3 is 5.97 Å². The van der Waals surface area contributed by atoms with Crippen molar-refractivity contribution in [2.24, 2.45) is 0 Å². The quantitative estimate of drug-likeness (QED) is 0.727. The third-order valence-electron chi connectivity index (χ3n) is 2.59. The van der Waals surface area contributed by atoms with Crippen molar-refractivity contribution in [2.45, 2.75) is 12.8 Å². The number of benzene rings is 1. The van der Waals surface area contributed by atoms with E-state index in [4.69, 9.17) is 5.11 Å². The molecule has 0 saturated heterocycles. The predicted octanol–water partition coefficient (Wildman–Crippen LogP) is 1.74. The molecule has 0 saturated carbocycles. The lowest BCUT2D eigenvalue weighted by molar-refractivity contribution is -0.138. The number of rotatable bonds is 4. The van der Waals surface area contributed by atoms with E-state index in [-0.39, 0.29) is 18.6 Å². The first-order valence-electron chi connectivity index (χ1n) is 5.66. The van der Waals surface area contributed by atoms with Crippen LogP contribution in [0.5, 0.6) is 5.75 Å². The van der Waals surface area contributed by atoms with Gasteiger partial charge in [0.1, 0.15) is 11.3 Å². The molecule has 0 aliphatic carbocycles. The Labute approximate surface area is 108 Å². The maximum absolute atomic E-state index is 11.6. The molecule has 2 aromatic rings. The van der Waals surface area contributed by atoms with Crippen molar-refractivity contribution in [3.8, 4) is 5.75 Å². The van der Waals surface area contributed by atoms with E-state index >= 15 is 0 Å². The van der Waals surface area contributed by atoms with Crippen molar-refractivity contribution in [1.29, 1.82) is 0 Å². The van der Waals surface area contributed by atoms with Crippen LogP contribution in [0.2, 0.25) is 0 Å². The summed E-state index contributed by atoms with van der Waals surface area (Å²) in [5, 5.41) is 21.4. The first kappa shape index (κ1) is 12.8. The van der Waals surface area contributed by atoms with Gasteiger partial charge in [0.2, 0.25) is 5.91 Å². The highest BCUT2D eigenvalue weighted by atomic mass is 16.4. The number of pyridine rings is 1. The van der Waals surface area contributed by atoms with Gasteiger partial charge < -0.3 is 15.5 Å². The van der Waals surface area contributed by atoms with Crippen molar-refractivity contribution >= 4 is 28.5 Å². The predicted molar refractivity (Wildman–Crippen MR) is 68.9 cm³/mol. The van der Waals surface area contributed by atoms with E-state index in [1.165, 1.54) is 12.3 Å². The van der Waals surface area contributed by atoms with Crippen LogP contribution < -0.4 is 5.32 Å². The maximum Gasteiger partial charge on any atom is 0.303 e. The van der Waals surface area contributed by atoms with E-state index in [9.17, 15) is 14.7 Å². The van der Waals surface area contributed by atoms with Gasteiger partial charge in [-0.1, -0.05) is 0 Å². The molecule has 0 spiro atoms. The summed E-state index contributed by atoms with van der Waals surface area (Å²) < 4.78 is 0. The van der Waals surface area contributed by atoms with Crippen molar-refractivity contribution in [3.05, 3.63) is 30.5 Å². The molecule has 6 heteroatoms. The number of amides is 1. The Kier molecular flexibility index (Phi) is 3.61. The number of phenolic OH excluding ortho intramolecular Hbond substituents is 1. The van der Waals surface area contributed by atoms with Crippen LogP contribution in [0.4, 0.5) is 5.69 Å². The van der Waals surface area contributed by atoms with Gasteiger partial charge in [0.15, 0.2) is 0 Å². The number of anilines is 1. The fourth-order valence-electron chi connectivity index (χ4n) is 1.70. The largest absolute Gasteiger partial charge is 0.506 e. The molecule has 0 unspecified atom stereocenters. The number of phenols is 1. The summed E-state index contributed by atoms with van der Waals surface area (Å²) in [6, 6.07) is 6.39. The average molecular weight is 260 g/mol. The van der Waals surface area contributed by atoms with E-state index < -0.39 is 11.9 Å². The zero-order valence-corrected chi connectivity index (χ0v) is 9.96. The third kappa shape index (κ3) is 2.98. The van der Waals surface area contributed by atoms with Gasteiger partial charge in [-0.2, -0.15) is 0 Å². The average Bonchev–Trinajstić information content (AvgIpc) is 2.40. The highest BCUT2D eigenvalue weighted by Gasteiger charge is 2.10. The molecule has 6 nitrogen and oxygen atoms in total. The Bertz CT molecular complexity index is 640. The number of aromatic hydroxyl groups is 1. The van der Waals surface area contributed by atoms with Crippen LogP contribution in [0.25, 0.3) is 10.9 Å². The minimum atomic E-state index is -1.02. The number of carbonyl (C=O) groups excluding carboxylic acids is 1. The summed E-state index contributed by atoms with van der Waals surface area (Å²) in [7, 11) is 0. The maximum atomic E-state index is 11.6. The monoisotopic (exact) mass is 260 g/mol. The normalized spacial score (nSPS) is 10.3. The van der Waals surface area contributed by atoms with Crippen LogP contribution in [-0.2, 0) is 9.59 Å². The third-order valence-corrected chi connectivity index (χ3v) is 2.59. The Morgan fingerprint density at radius 2 is 2.00 bits per heavy atom. The van der Waals surface area contributed by atoms with Crippen molar-refractivity contribution < 1.29 is 19.8 Å². The molecule has 0 fully saturated rings. The van der Waals surface area contributed by atoms with Crippen LogP contribution in [0.15, 0.2) is 30.5 Å². The molecule has 1 amide bonds. The number of fused-ring (bicyclic) bond motifs is 1. The smallest absolute Gasteiger partial charge is 0.303 e. The van der Waals surface area contributed by atoms with Gasteiger partial charge in [-0.15, -0.1) is 0 Å². The minimum Gasteiger partial charge on any atom is -0.506 e. The van der Waals surface area contributed by atoms with Crippen LogP contribution in [0.3, 0.4) is 0 Å². The number of carboxylic acids is 1. The SMILES string of the molecule is O=C(O)CCC(=O)Nc1ccc(O)c2ncccc12. The van der Waals surface area contributed by atoms with E-state index in [0.717, 1.165) is 0 Å². The second-order valence-corrected chi connectivity index (χ2v) is 3.97. The number of aliphatic carboxylic acids is 1. The standard InChI is InChI=1S/C13H12N2O4/c16-10-4-3-9(8-2-1-7-14-13(8)10)15-11(17)5-6-12(18)19/h1-4,7,16H,5-6H2,(H,15,17)(H,18,19). The van der Waals surface area contributed by atoms with E-state index in [0.29, 0.717) is 16.6 Å². The Balaban J connectivity index is 2.24. The van der Waals surface area contributed by atoms with Crippen LogP contribution in [0, 0.1) is 0 Å². The second kappa shape index (κ2) is 5.34. The van der Waals surface area contributed by atoms with Gasteiger partial charge in [0.05, 0.1) is 12.1 Å². The summed E-state index contributed by atoms with van der Waals surface area (Å²) in [4.78, 5) is 26.0. The number of aromatic nitrogens is 1. The van der Waals surface area contributed by atoms with Gasteiger partial charge in [0.25, 0.3) is 0 Å². The molecule has 98 valence electrons. The van der Waals surface area contributed by atoms with E-state index in [1.54, 1.807) is 18.2 Å². The first-order valence-corrected chi connectivity index (χ1v) is 5.66. The van der Waals surface area contributed by atoms with Crippen molar-refractivity contribution in [1.82, 2.24) is 4.98 Å². The number of hydrogen-bond acceptors (Lipinski definition) is 4. The number of carboxylic acid groups (broad SMARTS) is 1. The number of carbonyl (C=O) groups is 2. The van der Waals surface area contributed by atoms with Crippen LogP contribution in [-0.4, -0.2) is 27.1 Å². The molecule has 1 aromatic carbocycles. The van der Waals surface area contributed by atoms with Gasteiger partial charge in [-0.3, -0.25) is 14.6 Å². The molecule has 0 atom stereocenters. The molecule has 0 bridgehead atoms. The number of nitrogens with zero attached hydrogens (tertiary/aromatic N) is 1. The second-order valence-electron chi connectivity index (χ2n) is 3.97. The van der Waals surface area contributed by atoms with Crippen molar-refractivity contribution in [3.63, 3.8) is 0 Å². The summed E-state index contributed by atoms with van der Waals surface area (Å²) >= 11 is 0. The lowest BCUT2D eigenvalue weighted by Crippen LogP contribution is -2.13. The zero-order valence-electron chi connectivity index (χ0n) is 9.96. The summed E-state index contributed by atoms with van der Waals surface area (Å²) in [6.07, 6.45) is 1.22. The lowest BCUT2D eigenvalue weighted by Gasteiger charge is -2.08. The van der Waals surface area contributed by atoms with Gasteiger partial charge in [-0.25, -0.2) is 0 Å². The minimum absolute atomic E-state index is 0.0270. The summed E-state index contributed by atoms with van der Waals surface area (Å²) in [6.45, 7) is 0. The summed E-state index contributed by atoms with van der Waals surface area (Å²) in [5.74, 6) is -1.38. The highest BCUT2D eigenvalue weighted by Crippen LogP contribution is 2.28. The van der Waals surface area contributed by atoms with Gasteiger partial charge in [0, 0.05) is 18.0 Å². The Morgan fingerprint density at radius 1 is 1.21 bits per heavy atom. The Hall–Kier alpha value is -2.63. The van der Waals surface area contributed by atoms with Crippen LogP contribution >= 0.6 is 0 Å². The molecule has 3 N–H and O–H groups in total. The molecule has 19 heavy (non-hydrogen) atoms. The molecule has 1 heterocycles. The first-order chi connectivity index (χ1) is 9.08. The molecule has 2 rings (SSSR count). The van der Waals surface area contributed by atoms with E-state index in [1.807, 2.05) is 0 Å². The topological polar surface area (TPSA) is 99.5 Å². The van der Waals surface area contributed by atoms with Crippen molar-refractivity contribution in [2.75, 3.05) is 5.32 Å². The fourth-order valence-corrected chi connectivity index (χ4v) is 1.70. The number of hydrogen-bond donors (Lipinski definition) is 3. The molecular formula is C13H12N2O4. The van der Waals surface area contributed by atoms with Crippen LogP contribution in [0.1, 0.15) is 12.8 Å². The Morgan fingerprint density at radius 3 is 2.74 bits per heavy atom. The fraction of sp³-hybridized carbons (Fsp3) is 0.154. The molecular weight excluding hydrogens is 248 g/mol. The molecule has 0 aliphatic heterocycles. The lowest BCUT2D eigenvalue weighted by atomic mass is 10.1. The number of nitrogens with one attached hydrogen (secondary N) is 1. The molecule has 1 aromatic heterocycles. The molecule has 0 radical (unpaired) electrons. The highest BCUT2D eigenvalue weighted by molar-refractivity contribution is 6.03. The summed E-state index contributed by atoms with van der Waals surface area (Å²) in [5.41, 5.74) is 0.884.